The summed E-state index contributed by atoms with van der Waals surface area (Å²) in [5.41, 5.74) is 0.915. The SMILES string of the molecule is CCSCCC(C)NCc1c(C(=O)O)sc2ccccc12. The average Bonchev–Trinajstić information content (AvgIpc) is 2.84. The molecule has 0 spiro atoms. The number of hydrogen-bond acceptors (Lipinski definition) is 4. The summed E-state index contributed by atoms with van der Waals surface area (Å²) in [4.78, 5) is 11.9. The summed E-state index contributed by atoms with van der Waals surface area (Å²) >= 11 is 3.30. The number of aromatic carboxylic acids is 1. The highest BCUT2D eigenvalue weighted by atomic mass is 32.2. The lowest BCUT2D eigenvalue weighted by Gasteiger charge is -2.13. The Morgan fingerprint density at radius 2 is 2.19 bits per heavy atom. The number of rotatable bonds is 8. The maximum absolute atomic E-state index is 11.4. The fourth-order valence-corrected chi connectivity index (χ4v) is 4.10. The Bertz CT molecular complexity index is 609. The number of thiophene rings is 1. The van der Waals surface area contributed by atoms with Gasteiger partial charge in [0.15, 0.2) is 0 Å². The first-order valence-corrected chi connectivity index (χ1v) is 9.15. The molecule has 0 aliphatic rings. The predicted molar refractivity (Wildman–Crippen MR) is 92.7 cm³/mol. The monoisotopic (exact) mass is 323 g/mol. The first-order chi connectivity index (χ1) is 10.1. The third-order valence-corrected chi connectivity index (χ3v) is 5.55. The topological polar surface area (TPSA) is 49.3 Å². The number of benzene rings is 1. The van der Waals surface area contributed by atoms with E-state index in [1.165, 1.54) is 11.3 Å². The Labute approximate surface area is 133 Å². The van der Waals surface area contributed by atoms with Crippen molar-refractivity contribution in [2.24, 2.45) is 0 Å². The summed E-state index contributed by atoms with van der Waals surface area (Å²) in [6.07, 6.45) is 1.10. The lowest BCUT2D eigenvalue weighted by Crippen LogP contribution is -2.26. The molecule has 0 radical (unpaired) electrons. The highest BCUT2D eigenvalue weighted by Crippen LogP contribution is 2.31. The van der Waals surface area contributed by atoms with E-state index < -0.39 is 5.97 Å². The summed E-state index contributed by atoms with van der Waals surface area (Å²) < 4.78 is 1.04. The van der Waals surface area contributed by atoms with Gasteiger partial charge in [-0.15, -0.1) is 11.3 Å². The number of carboxylic acid groups (broad SMARTS) is 1. The minimum atomic E-state index is -0.831. The normalized spacial score (nSPS) is 12.7. The molecule has 21 heavy (non-hydrogen) atoms. The first-order valence-electron chi connectivity index (χ1n) is 7.18. The molecule has 2 aromatic rings. The van der Waals surface area contributed by atoms with Crippen LogP contribution in [0.2, 0.25) is 0 Å². The molecule has 114 valence electrons. The summed E-state index contributed by atoms with van der Waals surface area (Å²) in [7, 11) is 0. The Morgan fingerprint density at radius 1 is 1.43 bits per heavy atom. The van der Waals surface area contributed by atoms with Crippen LogP contribution in [0.15, 0.2) is 24.3 Å². The van der Waals surface area contributed by atoms with E-state index in [2.05, 4.69) is 19.2 Å². The zero-order valence-electron chi connectivity index (χ0n) is 12.4. The summed E-state index contributed by atoms with van der Waals surface area (Å²) in [5, 5.41) is 13.9. The third kappa shape index (κ3) is 4.22. The number of thioether (sulfide) groups is 1. The molecule has 0 bridgehead atoms. The first kappa shape index (κ1) is 16.3. The van der Waals surface area contributed by atoms with Crippen LogP contribution in [0, 0.1) is 0 Å². The minimum Gasteiger partial charge on any atom is -0.477 e. The maximum Gasteiger partial charge on any atom is 0.346 e. The van der Waals surface area contributed by atoms with Crippen molar-refractivity contribution in [1.82, 2.24) is 5.32 Å². The fourth-order valence-electron chi connectivity index (χ4n) is 2.23. The van der Waals surface area contributed by atoms with E-state index in [0.29, 0.717) is 17.5 Å². The largest absolute Gasteiger partial charge is 0.477 e. The summed E-state index contributed by atoms with van der Waals surface area (Å²) in [5.74, 6) is 1.45. The van der Waals surface area contributed by atoms with Gasteiger partial charge in [-0.2, -0.15) is 11.8 Å². The van der Waals surface area contributed by atoms with Gasteiger partial charge in [0.25, 0.3) is 0 Å². The second-order valence-corrected chi connectivity index (χ2v) is 7.42. The fraction of sp³-hybridized carbons (Fsp3) is 0.438. The Balaban J connectivity index is 2.10. The van der Waals surface area contributed by atoms with Crippen LogP contribution >= 0.6 is 23.1 Å². The lowest BCUT2D eigenvalue weighted by atomic mass is 10.1. The number of nitrogens with one attached hydrogen (secondary N) is 1. The van der Waals surface area contributed by atoms with Crippen LogP contribution < -0.4 is 5.32 Å². The molecule has 1 atom stereocenters. The van der Waals surface area contributed by atoms with Crippen LogP contribution in [-0.2, 0) is 6.54 Å². The van der Waals surface area contributed by atoms with Crippen molar-refractivity contribution in [1.29, 1.82) is 0 Å². The molecule has 2 N–H and O–H groups in total. The lowest BCUT2D eigenvalue weighted by molar-refractivity contribution is 0.0701. The highest BCUT2D eigenvalue weighted by molar-refractivity contribution is 7.99. The van der Waals surface area contributed by atoms with E-state index in [1.807, 2.05) is 36.0 Å². The van der Waals surface area contributed by atoms with Gasteiger partial charge in [0.05, 0.1) is 0 Å². The van der Waals surface area contributed by atoms with Crippen molar-refractivity contribution in [3.63, 3.8) is 0 Å². The molecule has 2 rings (SSSR count). The molecular formula is C16H21NO2S2. The summed E-state index contributed by atoms with van der Waals surface area (Å²) in [6.45, 7) is 4.94. The van der Waals surface area contributed by atoms with Crippen molar-refractivity contribution in [3.05, 3.63) is 34.7 Å². The second kappa shape index (κ2) is 7.82. The maximum atomic E-state index is 11.4. The molecular weight excluding hydrogens is 302 g/mol. The van der Waals surface area contributed by atoms with Crippen molar-refractivity contribution < 1.29 is 9.90 Å². The predicted octanol–water partition coefficient (Wildman–Crippen LogP) is 4.22. The van der Waals surface area contributed by atoms with Gasteiger partial charge in [-0.25, -0.2) is 4.79 Å². The summed E-state index contributed by atoms with van der Waals surface area (Å²) in [6, 6.07) is 8.30. The molecule has 1 aromatic carbocycles. The molecule has 0 aliphatic carbocycles. The molecule has 0 fully saturated rings. The van der Waals surface area contributed by atoms with Crippen molar-refractivity contribution >= 4 is 39.2 Å². The van der Waals surface area contributed by atoms with Crippen molar-refractivity contribution in [2.75, 3.05) is 11.5 Å². The van der Waals surface area contributed by atoms with Gasteiger partial charge in [-0.3, -0.25) is 0 Å². The Kier molecular flexibility index (Phi) is 6.08. The molecule has 3 nitrogen and oxygen atoms in total. The van der Waals surface area contributed by atoms with Crippen LogP contribution in [0.1, 0.15) is 35.5 Å². The van der Waals surface area contributed by atoms with E-state index in [-0.39, 0.29) is 0 Å². The van der Waals surface area contributed by atoms with E-state index in [9.17, 15) is 9.90 Å². The molecule has 5 heteroatoms. The van der Waals surface area contributed by atoms with E-state index in [0.717, 1.165) is 33.6 Å². The molecule has 1 aromatic heterocycles. The van der Waals surface area contributed by atoms with Crippen LogP contribution in [-0.4, -0.2) is 28.6 Å². The van der Waals surface area contributed by atoms with Gasteiger partial charge in [-0.05, 0) is 41.9 Å². The molecule has 0 saturated carbocycles. The average molecular weight is 323 g/mol. The zero-order valence-corrected chi connectivity index (χ0v) is 14.0. The van der Waals surface area contributed by atoms with E-state index >= 15 is 0 Å². The van der Waals surface area contributed by atoms with Gasteiger partial charge in [0.2, 0.25) is 0 Å². The van der Waals surface area contributed by atoms with E-state index in [1.54, 1.807) is 0 Å². The quantitative estimate of drug-likeness (QED) is 0.714. The molecule has 0 aliphatic heterocycles. The number of carboxylic acids is 1. The van der Waals surface area contributed by atoms with Crippen LogP contribution in [0.3, 0.4) is 0 Å². The minimum absolute atomic E-state index is 0.393. The second-order valence-electron chi connectivity index (χ2n) is 4.98. The van der Waals surface area contributed by atoms with Crippen molar-refractivity contribution in [3.8, 4) is 0 Å². The van der Waals surface area contributed by atoms with Gasteiger partial charge >= 0.3 is 5.97 Å². The number of carbonyl (C=O) groups is 1. The molecule has 0 amide bonds. The zero-order chi connectivity index (χ0) is 15.2. The number of fused-ring (bicyclic) bond motifs is 1. The Hall–Kier alpha value is -1.04. The standard InChI is InChI=1S/C16H21NO2S2/c1-3-20-9-8-11(2)17-10-13-12-6-4-5-7-14(12)21-15(13)16(18)19/h4-7,11,17H,3,8-10H2,1-2H3,(H,18,19). The van der Waals surface area contributed by atoms with Gasteiger partial charge in [0.1, 0.15) is 4.88 Å². The third-order valence-electron chi connectivity index (χ3n) is 3.42. The van der Waals surface area contributed by atoms with Gasteiger partial charge in [0, 0.05) is 17.3 Å². The molecule has 1 unspecified atom stereocenters. The Morgan fingerprint density at radius 3 is 2.90 bits per heavy atom. The van der Waals surface area contributed by atoms with Crippen LogP contribution in [0.4, 0.5) is 0 Å². The highest BCUT2D eigenvalue weighted by Gasteiger charge is 2.17. The molecule has 1 heterocycles. The molecule has 0 saturated heterocycles. The smallest absolute Gasteiger partial charge is 0.346 e. The van der Waals surface area contributed by atoms with Gasteiger partial charge < -0.3 is 10.4 Å². The number of hydrogen-bond donors (Lipinski definition) is 2. The van der Waals surface area contributed by atoms with Crippen LogP contribution in [0.25, 0.3) is 10.1 Å². The van der Waals surface area contributed by atoms with Crippen molar-refractivity contribution in [2.45, 2.75) is 32.9 Å². The van der Waals surface area contributed by atoms with Crippen LogP contribution in [0.5, 0.6) is 0 Å². The van der Waals surface area contributed by atoms with Gasteiger partial charge in [-0.1, -0.05) is 25.1 Å². The van der Waals surface area contributed by atoms with E-state index in [4.69, 9.17) is 0 Å².